The Labute approximate surface area is 97.9 Å². The van der Waals surface area contributed by atoms with Crippen molar-refractivity contribution in [2.75, 3.05) is 12.8 Å². The first-order valence-corrected chi connectivity index (χ1v) is 5.49. The van der Waals surface area contributed by atoms with Gasteiger partial charge < -0.3 is 10.5 Å². The number of hydrogen-bond acceptors (Lipinski definition) is 5. The summed E-state index contributed by atoms with van der Waals surface area (Å²) in [5.74, 6) is 0.820. The van der Waals surface area contributed by atoms with Crippen LogP contribution in [0.5, 0.6) is 5.75 Å². The lowest BCUT2D eigenvalue weighted by molar-refractivity contribution is 0.413. The van der Waals surface area contributed by atoms with E-state index < -0.39 is 0 Å². The van der Waals surface area contributed by atoms with E-state index in [-0.39, 0.29) is 0 Å². The van der Waals surface area contributed by atoms with Crippen molar-refractivity contribution in [3.8, 4) is 5.75 Å². The normalized spacial score (nSPS) is 10.1. The first kappa shape index (κ1) is 10.8. The molecule has 0 unspecified atom stereocenters. The van der Waals surface area contributed by atoms with Gasteiger partial charge in [0.1, 0.15) is 5.75 Å². The van der Waals surface area contributed by atoms with E-state index >= 15 is 0 Å². The highest BCUT2D eigenvalue weighted by Gasteiger charge is 2.01. The van der Waals surface area contributed by atoms with Gasteiger partial charge in [-0.1, -0.05) is 6.07 Å². The Bertz CT molecular complexity index is 473. The van der Waals surface area contributed by atoms with E-state index in [0.29, 0.717) is 10.8 Å². The van der Waals surface area contributed by atoms with Gasteiger partial charge in [-0.25, -0.2) is 9.97 Å². The number of nitrogens with zero attached hydrogens (tertiary/aromatic N) is 2. The fourth-order valence-corrected chi connectivity index (χ4v) is 1.89. The molecule has 0 aliphatic carbocycles. The van der Waals surface area contributed by atoms with Crippen LogP contribution in [0.3, 0.4) is 0 Å². The van der Waals surface area contributed by atoms with Crippen LogP contribution < -0.4 is 10.5 Å². The molecule has 0 aliphatic heterocycles. The summed E-state index contributed by atoms with van der Waals surface area (Å²) in [5, 5.41) is 0.669. The molecule has 2 rings (SSSR count). The van der Waals surface area contributed by atoms with Gasteiger partial charge in [0.25, 0.3) is 0 Å². The third-order valence-corrected chi connectivity index (χ3v) is 2.78. The van der Waals surface area contributed by atoms with Crippen LogP contribution in [0.25, 0.3) is 0 Å². The Hall–Kier alpha value is -1.75. The molecule has 0 amide bonds. The molecule has 0 bridgehead atoms. The standard InChI is InChI=1S/C11H11N3OS/c1-15-9-3-2-4-10(5-9)16-11-13-6-8(12)7-14-11/h2-7H,12H2,1H3. The van der Waals surface area contributed by atoms with Gasteiger partial charge in [-0.05, 0) is 30.0 Å². The summed E-state index contributed by atoms with van der Waals surface area (Å²) in [7, 11) is 1.64. The molecule has 2 N–H and O–H groups in total. The summed E-state index contributed by atoms with van der Waals surface area (Å²) in [5.41, 5.74) is 6.08. The Morgan fingerprint density at radius 2 is 2.00 bits per heavy atom. The maximum Gasteiger partial charge on any atom is 0.192 e. The van der Waals surface area contributed by atoms with Crippen molar-refractivity contribution in [1.82, 2.24) is 9.97 Å². The van der Waals surface area contributed by atoms with Gasteiger partial charge in [0.2, 0.25) is 0 Å². The Balaban J connectivity index is 2.16. The number of aromatic nitrogens is 2. The zero-order valence-electron chi connectivity index (χ0n) is 8.75. The average Bonchev–Trinajstić information content (AvgIpc) is 2.32. The molecule has 2 aromatic rings. The van der Waals surface area contributed by atoms with Gasteiger partial charge in [0, 0.05) is 4.90 Å². The molecular formula is C11H11N3OS. The van der Waals surface area contributed by atoms with Crippen LogP contribution in [-0.4, -0.2) is 17.1 Å². The molecule has 4 nitrogen and oxygen atoms in total. The first-order valence-electron chi connectivity index (χ1n) is 4.67. The largest absolute Gasteiger partial charge is 0.497 e. The lowest BCUT2D eigenvalue weighted by atomic mass is 10.3. The highest BCUT2D eigenvalue weighted by Crippen LogP contribution is 2.27. The van der Waals surface area contributed by atoms with Crippen LogP contribution >= 0.6 is 11.8 Å². The first-order chi connectivity index (χ1) is 7.78. The molecule has 0 spiro atoms. The van der Waals surface area contributed by atoms with Crippen molar-refractivity contribution < 1.29 is 4.74 Å². The summed E-state index contributed by atoms with van der Waals surface area (Å²) in [4.78, 5) is 9.26. The molecule has 1 aromatic heterocycles. The predicted molar refractivity (Wildman–Crippen MR) is 63.6 cm³/mol. The molecule has 0 saturated heterocycles. The van der Waals surface area contributed by atoms with Gasteiger partial charge in [-0.2, -0.15) is 0 Å². The van der Waals surface area contributed by atoms with Crippen molar-refractivity contribution in [1.29, 1.82) is 0 Å². The summed E-state index contributed by atoms with van der Waals surface area (Å²) >= 11 is 1.47. The quantitative estimate of drug-likeness (QED) is 0.824. The molecule has 82 valence electrons. The minimum atomic E-state index is 0.565. The summed E-state index contributed by atoms with van der Waals surface area (Å²) in [6.45, 7) is 0. The minimum absolute atomic E-state index is 0.565. The van der Waals surface area contributed by atoms with E-state index in [1.807, 2.05) is 24.3 Å². The number of hydrogen-bond donors (Lipinski definition) is 1. The number of nitrogens with two attached hydrogens (primary N) is 1. The van der Waals surface area contributed by atoms with E-state index in [2.05, 4.69) is 9.97 Å². The van der Waals surface area contributed by atoms with Crippen molar-refractivity contribution in [3.05, 3.63) is 36.7 Å². The number of methoxy groups -OCH3 is 1. The van der Waals surface area contributed by atoms with Crippen molar-refractivity contribution >= 4 is 17.4 Å². The molecule has 16 heavy (non-hydrogen) atoms. The molecule has 0 saturated carbocycles. The van der Waals surface area contributed by atoms with Crippen molar-refractivity contribution in [3.63, 3.8) is 0 Å². The minimum Gasteiger partial charge on any atom is -0.497 e. The van der Waals surface area contributed by atoms with Crippen molar-refractivity contribution in [2.45, 2.75) is 10.1 Å². The second kappa shape index (κ2) is 4.85. The fourth-order valence-electron chi connectivity index (χ4n) is 1.15. The molecule has 1 aromatic carbocycles. The maximum absolute atomic E-state index is 5.51. The second-order valence-electron chi connectivity index (χ2n) is 3.08. The number of ether oxygens (including phenoxy) is 1. The third kappa shape index (κ3) is 2.64. The molecule has 0 atom stereocenters. The maximum atomic E-state index is 5.51. The SMILES string of the molecule is COc1cccc(Sc2ncc(N)cn2)c1. The molecule has 0 aliphatic rings. The second-order valence-corrected chi connectivity index (χ2v) is 4.12. The molecular weight excluding hydrogens is 222 g/mol. The summed E-state index contributed by atoms with van der Waals surface area (Å²) in [6, 6.07) is 7.74. The van der Waals surface area contributed by atoms with Crippen molar-refractivity contribution in [2.24, 2.45) is 0 Å². The van der Waals surface area contributed by atoms with Crippen LogP contribution in [0.15, 0.2) is 46.7 Å². The fraction of sp³-hybridized carbons (Fsp3) is 0.0909. The molecule has 0 fully saturated rings. The Morgan fingerprint density at radius 3 is 2.69 bits per heavy atom. The lowest BCUT2D eigenvalue weighted by Gasteiger charge is -2.03. The number of benzene rings is 1. The zero-order valence-corrected chi connectivity index (χ0v) is 9.57. The Kier molecular flexibility index (Phi) is 3.26. The van der Waals surface area contributed by atoms with E-state index in [0.717, 1.165) is 10.6 Å². The summed E-state index contributed by atoms with van der Waals surface area (Å²) < 4.78 is 5.14. The Morgan fingerprint density at radius 1 is 1.25 bits per heavy atom. The van der Waals surface area contributed by atoms with Gasteiger partial charge in [0.15, 0.2) is 5.16 Å². The van der Waals surface area contributed by atoms with Crippen LogP contribution in [-0.2, 0) is 0 Å². The zero-order chi connectivity index (χ0) is 11.4. The monoisotopic (exact) mass is 233 g/mol. The van der Waals surface area contributed by atoms with Gasteiger partial charge in [0.05, 0.1) is 25.2 Å². The topological polar surface area (TPSA) is 61.0 Å². The number of nitrogen functional groups attached to an aromatic ring is 1. The third-order valence-electron chi connectivity index (χ3n) is 1.90. The highest BCUT2D eigenvalue weighted by atomic mass is 32.2. The van der Waals surface area contributed by atoms with E-state index in [1.165, 1.54) is 11.8 Å². The van der Waals surface area contributed by atoms with E-state index in [1.54, 1.807) is 19.5 Å². The summed E-state index contributed by atoms with van der Waals surface area (Å²) in [6.07, 6.45) is 3.19. The van der Waals surface area contributed by atoms with Crippen LogP contribution in [0.1, 0.15) is 0 Å². The van der Waals surface area contributed by atoms with Gasteiger partial charge in [-0.15, -0.1) is 0 Å². The van der Waals surface area contributed by atoms with Crippen LogP contribution in [0.2, 0.25) is 0 Å². The number of anilines is 1. The lowest BCUT2D eigenvalue weighted by Crippen LogP contribution is -1.90. The smallest absolute Gasteiger partial charge is 0.192 e. The number of rotatable bonds is 3. The van der Waals surface area contributed by atoms with Crippen LogP contribution in [0, 0.1) is 0 Å². The van der Waals surface area contributed by atoms with E-state index in [9.17, 15) is 0 Å². The van der Waals surface area contributed by atoms with Crippen LogP contribution in [0.4, 0.5) is 5.69 Å². The average molecular weight is 233 g/mol. The van der Waals surface area contributed by atoms with E-state index in [4.69, 9.17) is 10.5 Å². The van der Waals surface area contributed by atoms with Gasteiger partial charge in [-0.3, -0.25) is 0 Å². The molecule has 0 radical (unpaired) electrons. The molecule has 5 heteroatoms. The van der Waals surface area contributed by atoms with Gasteiger partial charge >= 0.3 is 0 Å². The highest BCUT2D eigenvalue weighted by molar-refractivity contribution is 7.99. The predicted octanol–water partition coefficient (Wildman–Crippen LogP) is 2.22. The molecule has 1 heterocycles.